The molecule has 42 heavy (non-hydrogen) atoms. The molecule has 8 nitrogen and oxygen atoms in total. The van der Waals surface area contributed by atoms with E-state index < -0.39 is 28.5 Å². The van der Waals surface area contributed by atoms with Crippen LogP contribution in [0.2, 0.25) is 0 Å². The molecular weight excluding hydrogens is 554 g/mol. The van der Waals surface area contributed by atoms with Crippen molar-refractivity contribution >= 4 is 22.0 Å². The van der Waals surface area contributed by atoms with Gasteiger partial charge in [-0.05, 0) is 67.8 Å². The number of esters is 2. The van der Waals surface area contributed by atoms with Gasteiger partial charge in [0.15, 0.2) is 0 Å². The lowest BCUT2D eigenvalue weighted by Gasteiger charge is -2.23. The Hall–Kier alpha value is -3.69. The number of carbonyl (C=O) groups is 2. The minimum atomic E-state index is -4.14. The Morgan fingerprint density at radius 3 is 2.02 bits per heavy atom. The number of aryl methyl sites for hydroxylation is 1. The van der Waals surface area contributed by atoms with Crippen LogP contribution in [-0.2, 0) is 30.8 Å². The van der Waals surface area contributed by atoms with Gasteiger partial charge in [-0.2, -0.15) is 4.31 Å². The van der Waals surface area contributed by atoms with E-state index in [1.165, 1.54) is 12.1 Å². The molecule has 0 aliphatic rings. The number of rotatable bonds is 15. The van der Waals surface area contributed by atoms with Crippen LogP contribution in [0, 0.1) is 6.92 Å². The highest BCUT2D eigenvalue weighted by Crippen LogP contribution is 2.27. The van der Waals surface area contributed by atoms with Crippen molar-refractivity contribution in [1.29, 1.82) is 0 Å². The van der Waals surface area contributed by atoms with Crippen LogP contribution in [0.1, 0.15) is 74.9 Å². The number of ether oxygens (including phenoxy) is 3. The molecule has 0 heterocycles. The Labute approximate surface area is 250 Å². The molecule has 0 saturated carbocycles. The lowest BCUT2D eigenvalue weighted by molar-refractivity contribution is -0.144. The van der Waals surface area contributed by atoms with Gasteiger partial charge in [0, 0.05) is 6.54 Å². The number of nitrogens with zero attached hydrogens (tertiary/aromatic N) is 1. The molecule has 0 aliphatic heterocycles. The molecule has 0 aliphatic carbocycles. The molecule has 0 bridgehead atoms. The van der Waals surface area contributed by atoms with Crippen molar-refractivity contribution < 1.29 is 32.2 Å². The van der Waals surface area contributed by atoms with E-state index in [1.807, 2.05) is 52.8 Å². The third-order valence-electron chi connectivity index (χ3n) is 6.08. The number of benzene rings is 3. The zero-order chi connectivity index (χ0) is 31.0. The van der Waals surface area contributed by atoms with E-state index in [0.717, 1.165) is 22.7 Å². The smallest absolute Gasteiger partial charge is 0.338 e. The van der Waals surface area contributed by atoms with Gasteiger partial charge in [-0.1, -0.05) is 76.4 Å². The first kappa shape index (κ1) is 34.5. The monoisotopic (exact) mass is 597 g/mol. The highest BCUT2D eigenvalue weighted by Gasteiger charge is 2.29. The zero-order valence-corrected chi connectivity index (χ0v) is 26.1. The number of carbonyl (C=O) groups excluding carboxylic acids is 2. The maximum atomic E-state index is 13.8. The van der Waals surface area contributed by atoms with Gasteiger partial charge >= 0.3 is 11.9 Å². The quantitative estimate of drug-likeness (QED) is 0.134. The van der Waals surface area contributed by atoms with Gasteiger partial charge < -0.3 is 14.2 Å². The molecule has 228 valence electrons. The topological polar surface area (TPSA) is 99.2 Å². The predicted octanol–water partition coefficient (Wildman–Crippen LogP) is 7.30. The molecule has 9 heteroatoms. The van der Waals surface area contributed by atoms with Gasteiger partial charge in [0.2, 0.25) is 10.0 Å². The molecule has 0 amide bonds. The van der Waals surface area contributed by atoms with Gasteiger partial charge in [0.1, 0.15) is 18.0 Å². The second kappa shape index (κ2) is 18.0. The van der Waals surface area contributed by atoms with Crippen LogP contribution in [0.3, 0.4) is 0 Å². The molecule has 0 atom stereocenters. The third-order valence-corrected chi connectivity index (χ3v) is 7.88. The molecule has 0 spiro atoms. The van der Waals surface area contributed by atoms with E-state index in [0.29, 0.717) is 29.9 Å². The summed E-state index contributed by atoms with van der Waals surface area (Å²) in [4.78, 5) is 25.8. The summed E-state index contributed by atoms with van der Waals surface area (Å²) in [6.07, 6.45) is 3.06. The molecular formula is C33H43NO7S. The van der Waals surface area contributed by atoms with Crippen molar-refractivity contribution in [3.8, 4) is 11.5 Å². The highest BCUT2D eigenvalue weighted by molar-refractivity contribution is 7.89. The fraction of sp³-hybridized carbons (Fsp3) is 0.394. The van der Waals surface area contributed by atoms with Gasteiger partial charge in [-0.25, -0.2) is 13.2 Å². The Bertz CT molecular complexity index is 1360. The molecule has 3 rings (SSSR count). The van der Waals surface area contributed by atoms with Gasteiger partial charge in [-0.3, -0.25) is 4.79 Å². The van der Waals surface area contributed by atoms with Crippen molar-refractivity contribution in [1.82, 2.24) is 4.31 Å². The standard InChI is InChI=1S/C31H37NO7S.C2H6/c1-4-6-19-37-30(33)23-32(40(35,36)28-16-13-24(3)14-17-28)22-25-21-27(39-26-11-9-8-10-12-26)15-18-29(25)31(34)38-20-7-5-2;1-2/h8-18,21H,4-7,19-20,22-23H2,1-3H3;1-2H3. The van der Waals surface area contributed by atoms with E-state index >= 15 is 0 Å². The summed E-state index contributed by atoms with van der Waals surface area (Å²) in [5.74, 6) is -0.263. The average molecular weight is 598 g/mol. The number of hydrogen-bond donors (Lipinski definition) is 0. The summed E-state index contributed by atoms with van der Waals surface area (Å²) in [6.45, 7) is 9.45. The summed E-state index contributed by atoms with van der Waals surface area (Å²) in [5.41, 5.74) is 1.43. The first-order valence-electron chi connectivity index (χ1n) is 14.5. The van der Waals surface area contributed by atoms with E-state index in [9.17, 15) is 18.0 Å². The summed E-state index contributed by atoms with van der Waals surface area (Å²) in [6, 6.07) is 20.2. The zero-order valence-electron chi connectivity index (χ0n) is 25.3. The molecule has 0 N–H and O–H groups in total. The normalized spacial score (nSPS) is 10.9. The van der Waals surface area contributed by atoms with Crippen LogP contribution < -0.4 is 4.74 Å². The van der Waals surface area contributed by atoms with Crippen molar-refractivity contribution in [3.05, 3.63) is 89.5 Å². The largest absolute Gasteiger partial charge is 0.465 e. The maximum Gasteiger partial charge on any atom is 0.338 e. The lowest BCUT2D eigenvalue weighted by atomic mass is 10.1. The number of sulfonamides is 1. The van der Waals surface area contributed by atoms with Crippen LogP contribution in [0.15, 0.2) is 77.7 Å². The average Bonchev–Trinajstić information content (AvgIpc) is 2.99. The molecule has 0 unspecified atom stereocenters. The van der Waals surface area contributed by atoms with E-state index in [2.05, 4.69) is 0 Å². The van der Waals surface area contributed by atoms with Crippen LogP contribution in [0.4, 0.5) is 0 Å². The Morgan fingerprint density at radius 1 is 0.786 bits per heavy atom. The molecule has 0 radical (unpaired) electrons. The Morgan fingerprint density at radius 2 is 1.40 bits per heavy atom. The van der Waals surface area contributed by atoms with Gasteiger partial charge in [0.05, 0.1) is 23.7 Å². The Balaban J connectivity index is 0.00000301. The van der Waals surface area contributed by atoms with Crippen LogP contribution in [0.5, 0.6) is 11.5 Å². The van der Waals surface area contributed by atoms with Gasteiger partial charge in [-0.15, -0.1) is 0 Å². The number of hydrogen-bond acceptors (Lipinski definition) is 7. The van der Waals surface area contributed by atoms with E-state index in [-0.39, 0.29) is 30.2 Å². The summed E-state index contributed by atoms with van der Waals surface area (Å²) >= 11 is 0. The molecule has 0 saturated heterocycles. The van der Waals surface area contributed by atoms with E-state index in [4.69, 9.17) is 14.2 Å². The van der Waals surface area contributed by atoms with Crippen molar-refractivity contribution in [2.45, 2.75) is 71.7 Å². The highest BCUT2D eigenvalue weighted by atomic mass is 32.2. The van der Waals surface area contributed by atoms with Gasteiger partial charge in [0.25, 0.3) is 0 Å². The summed E-state index contributed by atoms with van der Waals surface area (Å²) < 4.78 is 45.2. The lowest BCUT2D eigenvalue weighted by Crippen LogP contribution is -2.36. The molecule has 3 aromatic carbocycles. The third kappa shape index (κ3) is 10.6. The maximum absolute atomic E-state index is 13.8. The SMILES string of the molecule is CC.CCCCOC(=O)CN(Cc1cc(Oc2ccccc2)ccc1C(=O)OCCCC)S(=O)(=O)c1ccc(C)cc1. The first-order chi connectivity index (χ1) is 20.2. The summed E-state index contributed by atoms with van der Waals surface area (Å²) in [7, 11) is -4.14. The predicted molar refractivity (Wildman–Crippen MR) is 164 cm³/mol. The second-order valence-electron chi connectivity index (χ2n) is 9.38. The van der Waals surface area contributed by atoms with Crippen LogP contribution in [0.25, 0.3) is 0 Å². The van der Waals surface area contributed by atoms with E-state index in [1.54, 1.807) is 42.5 Å². The molecule has 0 aromatic heterocycles. The first-order valence-corrected chi connectivity index (χ1v) is 15.9. The molecule has 3 aromatic rings. The summed E-state index contributed by atoms with van der Waals surface area (Å²) in [5, 5.41) is 0. The van der Waals surface area contributed by atoms with Crippen molar-refractivity contribution in [2.75, 3.05) is 19.8 Å². The van der Waals surface area contributed by atoms with Crippen LogP contribution in [-0.4, -0.2) is 44.4 Å². The van der Waals surface area contributed by atoms with Crippen molar-refractivity contribution in [3.63, 3.8) is 0 Å². The molecule has 0 fully saturated rings. The van der Waals surface area contributed by atoms with Crippen molar-refractivity contribution in [2.24, 2.45) is 0 Å². The Kier molecular flexibility index (Phi) is 14.8. The number of para-hydroxylation sites is 1. The second-order valence-corrected chi connectivity index (χ2v) is 11.3. The fourth-order valence-electron chi connectivity index (χ4n) is 3.77. The van der Waals surface area contributed by atoms with Crippen LogP contribution >= 0.6 is 0 Å². The number of unbranched alkanes of at least 4 members (excludes halogenated alkanes) is 2. The minimum Gasteiger partial charge on any atom is -0.465 e. The fourth-order valence-corrected chi connectivity index (χ4v) is 5.13. The minimum absolute atomic E-state index is 0.0308.